The van der Waals surface area contributed by atoms with Gasteiger partial charge in [0.2, 0.25) is 0 Å². The Hall–Kier alpha value is -0.910. The molecule has 1 heterocycles. The van der Waals surface area contributed by atoms with Gasteiger partial charge in [-0.1, -0.05) is 23.2 Å². The zero-order chi connectivity index (χ0) is 11.4. The molecular weight excluding hydrogens is 241 g/mol. The number of aliphatic hydroxyl groups excluding tert-OH is 1. The Morgan fingerprint density at radius 3 is 2.87 bits per heavy atom. The van der Waals surface area contributed by atoms with Crippen LogP contribution in [0.25, 0.3) is 0 Å². The van der Waals surface area contributed by atoms with Gasteiger partial charge in [0.1, 0.15) is 0 Å². The van der Waals surface area contributed by atoms with Crippen LogP contribution < -0.4 is 5.32 Å². The van der Waals surface area contributed by atoms with Crippen LogP contribution in [0.3, 0.4) is 0 Å². The van der Waals surface area contributed by atoms with E-state index in [9.17, 15) is 4.79 Å². The van der Waals surface area contributed by atoms with E-state index in [2.05, 4.69) is 15.5 Å². The minimum Gasteiger partial charge on any atom is -0.392 e. The first kappa shape index (κ1) is 12.2. The van der Waals surface area contributed by atoms with Crippen LogP contribution in [-0.2, 0) is 0 Å². The monoisotopic (exact) mass is 249 g/mol. The second-order valence-electron chi connectivity index (χ2n) is 2.93. The first-order valence-electron chi connectivity index (χ1n) is 4.15. The third-order valence-electron chi connectivity index (χ3n) is 1.52. The lowest BCUT2D eigenvalue weighted by Gasteiger charge is -2.07. The minimum absolute atomic E-state index is 0.0255. The van der Waals surface area contributed by atoms with Crippen molar-refractivity contribution in [2.75, 3.05) is 6.54 Å². The second kappa shape index (κ2) is 5.25. The van der Waals surface area contributed by atoms with Gasteiger partial charge in [0.25, 0.3) is 5.91 Å². The number of amides is 1. The van der Waals surface area contributed by atoms with Crippen LogP contribution in [0.2, 0.25) is 10.3 Å². The first-order valence-corrected chi connectivity index (χ1v) is 4.91. The fourth-order valence-corrected chi connectivity index (χ4v) is 1.17. The molecule has 7 heteroatoms. The third kappa shape index (κ3) is 3.62. The Labute approximate surface area is 96.4 Å². The lowest BCUT2D eigenvalue weighted by molar-refractivity contribution is 0.0923. The molecule has 1 rings (SSSR count). The summed E-state index contributed by atoms with van der Waals surface area (Å²) < 4.78 is 0. The highest BCUT2D eigenvalue weighted by Crippen LogP contribution is 2.14. The van der Waals surface area contributed by atoms with Crippen molar-refractivity contribution in [1.29, 1.82) is 0 Å². The number of aliphatic hydroxyl groups is 1. The number of hydrogen-bond donors (Lipinski definition) is 2. The molecule has 1 atom stereocenters. The summed E-state index contributed by atoms with van der Waals surface area (Å²) in [6.07, 6.45) is -0.627. The summed E-state index contributed by atoms with van der Waals surface area (Å²) in [5.41, 5.74) is 0.136. The zero-order valence-electron chi connectivity index (χ0n) is 7.87. The SMILES string of the molecule is C[C@@H](O)CNC(=O)c1cc(Cl)nnc1Cl. The molecule has 0 saturated carbocycles. The summed E-state index contributed by atoms with van der Waals surface area (Å²) in [5, 5.41) is 18.5. The summed E-state index contributed by atoms with van der Waals surface area (Å²) in [7, 11) is 0. The van der Waals surface area contributed by atoms with E-state index in [0.717, 1.165) is 0 Å². The van der Waals surface area contributed by atoms with E-state index in [1.165, 1.54) is 6.07 Å². The molecule has 0 aliphatic carbocycles. The third-order valence-corrected chi connectivity index (χ3v) is 1.99. The van der Waals surface area contributed by atoms with Crippen molar-refractivity contribution < 1.29 is 9.90 Å². The molecule has 0 aliphatic heterocycles. The summed E-state index contributed by atoms with van der Waals surface area (Å²) in [4.78, 5) is 11.5. The zero-order valence-corrected chi connectivity index (χ0v) is 9.38. The van der Waals surface area contributed by atoms with Crippen LogP contribution in [-0.4, -0.2) is 33.9 Å². The Balaban J connectivity index is 2.77. The molecule has 0 unspecified atom stereocenters. The van der Waals surface area contributed by atoms with E-state index in [1.54, 1.807) is 6.92 Å². The number of halogens is 2. The number of nitrogens with zero attached hydrogens (tertiary/aromatic N) is 2. The molecule has 82 valence electrons. The largest absolute Gasteiger partial charge is 0.392 e. The molecule has 0 aromatic carbocycles. The number of rotatable bonds is 3. The van der Waals surface area contributed by atoms with Gasteiger partial charge in [0.05, 0.1) is 11.7 Å². The van der Waals surface area contributed by atoms with Crippen LogP contribution in [0.5, 0.6) is 0 Å². The molecule has 1 aromatic heterocycles. The fraction of sp³-hybridized carbons (Fsp3) is 0.375. The smallest absolute Gasteiger partial charge is 0.254 e. The lowest BCUT2D eigenvalue weighted by atomic mass is 10.3. The van der Waals surface area contributed by atoms with Crippen molar-refractivity contribution in [1.82, 2.24) is 15.5 Å². The predicted octanol–water partition coefficient (Wildman–Crippen LogP) is 0.894. The highest BCUT2D eigenvalue weighted by molar-refractivity contribution is 6.34. The maximum absolute atomic E-state index is 11.5. The highest BCUT2D eigenvalue weighted by atomic mass is 35.5. The minimum atomic E-state index is -0.627. The number of hydrogen-bond acceptors (Lipinski definition) is 4. The molecule has 0 bridgehead atoms. The normalized spacial score (nSPS) is 12.3. The lowest BCUT2D eigenvalue weighted by Crippen LogP contribution is -2.30. The second-order valence-corrected chi connectivity index (χ2v) is 3.68. The van der Waals surface area contributed by atoms with Crippen molar-refractivity contribution in [2.24, 2.45) is 0 Å². The van der Waals surface area contributed by atoms with Crippen molar-refractivity contribution in [3.63, 3.8) is 0 Å². The van der Waals surface area contributed by atoms with Crippen molar-refractivity contribution >= 4 is 29.1 Å². The van der Waals surface area contributed by atoms with Gasteiger partial charge in [-0.05, 0) is 13.0 Å². The average molecular weight is 250 g/mol. The van der Waals surface area contributed by atoms with E-state index in [1.807, 2.05) is 0 Å². The maximum atomic E-state index is 11.5. The Bertz CT molecular complexity index is 371. The topological polar surface area (TPSA) is 75.1 Å². The van der Waals surface area contributed by atoms with Crippen molar-refractivity contribution in [2.45, 2.75) is 13.0 Å². The summed E-state index contributed by atoms with van der Waals surface area (Å²) >= 11 is 11.2. The molecule has 15 heavy (non-hydrogen) atoms. The molecule has 0 spiro atoms. The van der Waals surface area contributed by atoms with Gasteiger partial charge in [0.15, 0.2) is 10.3 Å². The molecule has 0 aliphatic rings. The molecule has 0 fully saturated rings. The molecule has 1 aromatic rings. The predicted molar refractivity (Wildman–Crippen MR) is 56.1 cm³/mol. The Morgan fingerprint density at radius 2 is 2.27 bits per heavy atom. The van der Waals surface area contributed by atoms with Gasteiger partial charge in [0, 0.05) is 6.54 Å². The Morgan fingerprint density at radius 1 is 1.60 bits per heavy atom. The fourth-order valence-electron chi connectivity index (χ4n) is 0.848. The molecule has 5 nitrogen and oxygen atoms in total. The van der Waals surface area contributed by atoms with Crippen LogP contribution in [0.1, 0.15) is 17.3 Å². The van der Waals surface area contributed by atoms with Crippen LogP contribution >= 0.6 is 23.2 Å². The number of carbonyl (C=O) groups excluding carboxylic acids is 1. The van der Waals surface area contributed by atoms with E-state index in [4.69, 9.17) is 28.3 Å². The summed E-state index contributed by atoms with van der Waals surface area (Å²) in [6, 6.07) is 1.31. The Kier molecular flexibility index (Phi) is 4.26. The van der Waals surface area contributed by atoms with Crippen LogP contribution in [0.15, 0.2) is 6.07 Å². The van der Waals surface area contributed by atoms with E-state index in [-0.39, 0.29) is 22.4 Å². The molecule has 1 amide bonds. The highest BCUT2D eigenvalue weighted by Gasteiger charge is 2.13. The van der Waals surface area contributed by atoms with Gasteiger partial charge in [-0.2, -0.15) is 0 Å². The van der Waals surface area contributed by atoms with E-state index >= 15 is 0 Å². The van der Waals surface area contributed by atoms with Gasteiger partial charge in [-0.25, -0.2) is 0 Å². The number of aromatic nitrogens is 2. The van der Waals surface area contributed by atoms with Gasteiger partial charge < -0.3 is 10.4 Å². The van der Waals surface area contributed by atoms with Crippen LogP contribution in [0.4, 0.5) is 0 Å². The number of carbonyl (C=O) groups is 1. The maximum Gasteiger partial charge on any atom is 0.254 e. The molecule has 2 N–H and O–H groups in total. The van der Waals surface area contributed by atoms with Gasteiger partial charge >= 0.3 is 0 Å². The summed E-state index contributed by atoms with van der Waals surface area (Å²) in [5.74, 6) is -0.447. The molecule has 0 saturated heterocycles. The van der Waals surface area contributed by atoms with E-state index in [0.29, 0.717) is 0 Å². The van der Waals surface area contributed by atoms with Crippen molar-refractivity contribution in [3.05, 3.63) is 21.9 Å². The average Bonchev–Trinajstić information content (AvgIpc) is 2.18. The quantitative estimate of drug-likeness (QED) is 0.835. The van der Waals surface area contributed by atoms with Gasteiger partial charge in [-0.3, -0.25) is 4.79 Å². The van der Waals surface area contributed by atoms with Crippen molar-refractivity contribution in [3.8, 4) is 0 Å². The standard InChI is InChI=1S/C8H9Cl2N3O2/c1-4(14)3-11-8(15)5-2-6(9)12-13-7(5)10/h2,4,14H,3H2,1H3,(H,11,15)/t4-/m1/s1. The summed E-state index contributed by atoms with van der Waals surface area (Å²) in [6.45, 7) is 1.69. The first-order chi connectivity index (χ1) is 7.00. The van der Waals surface area contributed by atoms with Crippen LogP contribution in [0, 0.1) is 0 Å². The van der Waals surface area contributed by atoms with Gasteiger partial charge in [-0.15, -0.1) is 10.2 Å². The molecule has 0 radical (unpaired) electrons. The van der Waals surface area contributed by atoms with E-state index < -0.39 is 12.0 Å². The number of nitrogens with one attached hydrogen (secondary N) is 1. The molecular formula is C8H9Cl2N3O2.